The molecule has 6 heteroatoms. The van der Waals surface area contributed by atoms with Crippen LogP contribution in [0.25, 0.3) is 0 Å². The van der Waals surface area contributed by atoms with Crippen molar-refractivity contribution in [1.29, 1.82) is 0 Å². The van der Waals surface area contributed by atoms with Gasteiger partial charge in [0.05, 0.1) is 0 Å². The molecule has 0 aliphatic carbocycles. The molecule has 1 N–H and O–H groups in total. The number of hydrogen-bond acceptors (Lipinski definition) is 4. The number of aromatic nitrogens is 1. The van der Waals surface area contributed by atoms with Crippen LogP contribution >= 0.6 is 0 Å². The lowest BCUT2D eigenvalue weighted by atomic mass is 10.2. The highest BCUT2D eigenvalue weighted by atomic mass is 32.2. The van der Waals surface area contributed by atoms with Gasteiger partial charge in [-0.25, -0.2) is 13.4 Å². The van der Waals surface area contributed by atoms with E-state index in [0.717, 1.165) is 25.8 Å². The van der Waals surface area contributed by atoms with Crippen LogP contribution in [0, 0.1) is 0 Å². The summed E-state index contributed by atoms with van der Waals surface area (Å²) in [4.78, 5) is 4.43. The third-order valence-corrected chi connectivity index (χ3v) is 5.43. The lowest BCUT2D eigenvalue weighted by molar-refractivity contribution is 0.379. The number of anilines is 1. The second kappa shape index (κ2) is 5.88. The van der Waals surface area contributed by atoms with Gasteiger partial charge in [0.15, 0.2) is 0 Å². The molecule has 0 bridgehead atoms. The van der Waals surface area contributed by atoms with Crippen LogP contribution in [0.2, 0.25) is 0 Å². The zero-order valence-corrected chi connectivity index (χ0v) is 12.3. The first-order chi connectivity index (χ1) is 9.09. The van der Waals surface area contributed by atoms with Crippen LogP contribution in [0.15, 0.2) is 23.2 Å². The van der Waals surface area contributed by atoms with Gasteiger partial charge in [-0.2, -0.15) is 4.31 Å². The highest BCUT2D eigenvalue weighted by Crippen LogP contribution is 2.27. The van der Waals surface area contributed by atoms with Gasteiger partial charge in [0.2, 0.25) is 10.0 Å². The standard InChI is InChI=1S/C13H21N3O2S/c1-3-11-6-5-9-16(11)19(17,18)12-7-8-13(14-4-2)15-10-12/h7-8,10-11H,3-6,9H2,1-2H3,(H,14,15). The monoisotopic (exact) mass is 283 g/mol. The maximum absolute atomic E-state index is 12.5. The first-order valence-electron chi connectivity index (χ1n) is 6.81. The Labute approximate surface area is 115 Å². The van der Waals surface area contributed by atoms with Crippen molar-refractivity contribution in [2.75, 3.05) is 18.4 Å². The summed E-state index contributed by atoms with van der Waals surface area (Å²) in [6.07, 6.45) is 4.21. The molecule has 2 rings (SSSR count). The van der Waals surface area contributed by atoms with E-state index in [1.807, 2.05) is 13.8 Å². The van der Waals surface area contributed by atoms with E-state index < -0.39 is 10.0 Å². The van der Waals surface area contributed by atoms with Gasteiger partial charge in [-0.1, -0.05) is 6.92 Å². The molecule has 1 aliphatic rings. The molecule has 1 fully saturated rings. The topological polar surface area (TPSA) is 62.3 Å². The van der Waals surface area contributed by atoms with E-state index in [1.165, 1.54) is 6.20 Å². The molecular formula is C13H21N3O2S. The zero-order chi connectivity index (χ0) is 13.9. The average Bonchev–Trinajstić information content (AvgIpc) is 2.89. The van der Waals surface area contributed by atoms with Crippen molar-refractivity contribution in [1.82, 2.24) is 9.29 Å². The molecule has 5 nitrogen and oxygen atoms in total. The van der Waals surface area contributed by atoms with Crippen LogP contribution in [0.5, 0.6) is 0 Å². The van der Waals surface area contributed by atoms with Gasteiger partial charge in [0, 0.05) is 25.3 Å². The summed E-state index contributed by atoms with van der Waals surface area (Å²) in [6.45, 7) is 5.40. The van der Waals surface area contributed by atoms with Crippen molar-refractivity contribution in [2.45, 2.75) is 44.0 Å². The molecular weight excluding hydrogens is 262 g/mol. The summed E-state index contributed by atoms with van der Waals surface area (Å²) >= 11 is 0. The van der Waals surface area contributed by atoms with Gasteiger partial charge in [-0.05, 0) is 38.3 Å². The summed E-state index contributed by atoms with van der Waals surface area (Å²) in [5.41, 5.74) is 0. The summed E-state index contributed by atoms with van der Waals surface area (Å²) in [7, 11) is -3.39. The highest BCUT2D eigenvalue weighted by molar-refractivity contribution is 7.89. The third kappa shape index (κ3) is 2.90. The molecule has 0 spiro atoms. The number of sulfonamides is 1. The second-order valence-corrected chi connectivity index (χ2v) is 6.62. The van der Waals surface area contributed by atoms with Gasteiger partial charge < -0.3 is 5.32 Å². The smallest absolute Gasteiger partial charge is 0.244 e. The third-order valence-electron chi connectivity index (χ3n) is 3.50. The molecule has 0 amide bonds. The van der Waals surface area contributed by atoms with Crippen molar-refractivity contribution < 1.29 is 8.42 Å². The van der Waals surface area contributed by atoms with E-state index >= 15 is 0 Å². The minimum Gasteiger partial charge on any atom is -0.370 e. The molecule has 1 unspecified atom stereocenters. The van der Waals surface area contributed by atoms with Gasteiger partial charge >= 0.3 is 0 Å². The molecule has 2 heterocycles. The van der Waals surface area contributed by atoms with Crippen LogP contribution in [0.3, 0.4) is 0 Å². The van der Waals surface area contributed by atoms with Crippen molar-refractivity contribution in [3.8, 4) is 0 Å². The van der Waals surface area contributed by atoms with E-state index in [4.69, 9.17) is 0 Å². The van der Waals surface area contributed by atoms with Crippen LogP contribution in [-0.2, 0) is 10.0 Å². The van der Waals surface area contributed by atoms with Gasteiger partial charge in [-0.15, -0.1) is 0 Å². The Morgan fingerprint density at radius 2 is 2.21 bits per heavy atom. The number of nitrogens with one attached hydrogen (secondary N) is 1. The Kier molecular flexibility index (Phi) is 4.42. The Morgan fingerprint density at radius 3 is 2.79 bits per heavy atom. The van der Waals surface area contributed by atoms with E-state index in [9.17, 15) is 8.42 Å². The Hall–Kier alpha value is -1.14. The second-order valence-electron chi connectivity index (χ2n) is 4.73. The largest absolute Gasteiger partial charge is 0.370 e. The normalized spacial score (nSPS) is 20.6. The summed E-state index contributed by atoms with van der Waals surface area (Å²) in [5.74, 6) is 0.704. The highest BCUT2D eigenvalue weighted by Gasteiger charge is 2.34. The summed E-state index contributed by atoms with van der Waals surface area (Å²) in [5, 5.41) is 3.06. The van der Waals surface area contributed by atoms with Gasteiger partial charge in [0.25, 0.3) is 0 Å². The SMILES string of the molecule is CCNc1ccc(S(=O)(=O)N2CCCC2CC)cn1. The number of hydrogen-bond donors (Lipinski definition) is 1. The van der Waals surface area contributed by atoms with Crippen LogP contribution in [0.4, 0.5) is 5.82 Å². The van der Waals surface area contributed by atoms with Crippen molar-refractivity contribution in [3.63, 3.8) is 0 Å². The zero-order valence-electron chi connectivity index (χ0n) is 11.5. The number of rotatable bonds is 5. The molecule has 1 aromatic heterocycles. The molecule has 19 heavy (non-hydrogen) atoms. The molecule has 1 saturated heterocycles. The number of nitrogens with zero attached hydrogens (tertiary/aromatic N) is 2. The van der Waals surface area contributed by atoms with Crippen molar-refractivity contribution in [3.05, 3.63) is 18.3 Å². The first-order valence-corrected chi connectivity index (χ1v) is 8.25. The Morgan fingerprint density at radius 1 is 1.42 bits per heavy atom. The van der Waals surface area contributed by atoms with E-state index in [0.29, 0.717) is 12.4 Å². The molecule has 106 valence electrons. The van der Waals surface area contributed by atoms with Crippen molar-refractivity contribution >= 4 is 15.8 Å². The fourth-order valence-corrected chi connectivity index (χ4v) is 4.20. The van der Waals surface area contributed by atoms with Crippen LogP contribution in [0.1, 0.15) is 33.1 Å². The minimum atomic E-state index is -3.39. The maximum Gasteiger partial charge on any atom is 0.244 e. The molecule has 1 aliphatic heterocycles. The van der Waals surface area contributed by atoms with Crippen LogP contribution < -0.4 is 5.32 Å². The minimum absolute atomic E-state index is 0.137. The van der Waals surface area contributed by atoms with E-state index in [2.05, 4.69) is 10.3 Å². The Bertz CT molecular complexity index is 513. The fraction of sp³-hybridized carbons (Fsp3) is 0.615. The molecule has 1 atom stereocenters. The van der Waals surface area contributed by atoms with E-state index in [-0.39, 0.29) is 10.9 Å². The van der Waals surface area contributed by atoms with Crippen LogP contribution in [-0.4, -0.2) is 36.8 Å². The first kappa shape index (κ1) is 14.3. The predicted octanol–water partition coefficient (Wildman–Crippen LogP) is 2.08. The molecule has 0 saturated carbocycles. The average molecular weight is 283 g/mol. The van der Waals surface area contributed by atoms with Crippen molar-refractivity contribution in [2.24, 2.45) is 0 Å². The molecule has 1 aromatic rings. The quantitative estimate of drug-likeness (QED) is 0.898. The predicted molar refractivity (Wildman–Crippen MR) is 75.6 cm³/mol. The van der Waals surface area contributed by atoms with Gasteiger partial charge in [-0.3, -0.25) is 0 Å². The maximum atomic E-state index is 12.5. The summed E-state index contributed by atoms with van der Waals surface area (Å²) in [6, 6.07) is 3.48. The Balaban J connectivity index is 2.24. The lowest BCUT2D eigenvalue weighted by Gasteiger charge is -2.22. The molecule has 0 aromatic carbocycles. The molecule has 0 radical (unpaired) electrons. The van der Waals surface area contributed by atoms with E-state index in [1.54, 1.807) is 16.4 Å². The summed E-state index contributed by atoms with van der Waals surface area (Å²) < 4.78 is 26.7. The van der Waals surface area contributed by atoms with Gasteiger partial charge in [0.1, 0.15) is 10.7 Å². The number of pyridine rings is 1. The lowest BCUT2D eigenvalue weighted by Crippen LogP contribution is -2.35. The fourth-order valence-electron chi connectivity index (χ4n) is 2.49.